The Morgan fingerprint density at radius 2 is 2.22 bits per heavy atom. The quantitative estimate of drug-likeness (QED) is 0.810. The highest BCUT2D eigenvalue weighted by atomic mass is 16.3. The normalized spacial score (nSPS) is 10.3. The molecule has 1 amide bonds. The van der Waals surface area contributed by atoms with Crippen LogP contribution in [0.2, 0.25) is 0 Å². The second-order valence-electron chi connectivity index (χ2n) is 4.18. The number of rotatable bonds is 4. The summed E-state index contributed by atoms with van der Waals surface area (Å²) >= 11 is 0. The Morgan fingerprint density at radius 3 is 2.89 bits per heavy atom. The van der Waals surface area contributed by atoms with Gasteiger partial charge in [-0.1, -0.05) is 6.07 Å². The van der Waals surface area contributed by atoms with Gasteiger partial charge in [-0.2, -0.15) is 0 Å². The minimum Gasteiger partial charge on any atom is -0.469 e. The molecule has 0 aliphatic carbocycles. The number of benzene rings is 1. The van der Waals surface area contributed by atoms with E-state index in [1.165, 1.54) is 0 Å². The van der Waals surface area contributed by atoms with Crippen molar-refractivity contribution in [3.63, 3.8) is 0 Å². The van der Waals surface area contributed by atoms with Crippen LogP contribution in [0.3, 0.4) is 0 Å². The van der Waals surface area contributed by atoms with Crippen LogP contribution in [0.5, 0.6) is 0 Å². The smallest absolute Gasteiger partial charge is 0.253 e. The van der Waals surface area contributed by atoms with Crippen molar-refractivity contribution in [1.82, 2.24) is 5.32 Å². The lowest BCUT2D eigenvalue weighted by atomic mass is 10.1. The van der Waals surface area contributed by atoms with E-state index in [2.05, 4.69) is 5.32 Å². The standard InChI is InChI=1S/C14H16N2O2/c1-10-4-5-12(13(15)9-10)14(17)16-7-6-11-3-2-8-18-11/h2-5,8-9H,6-7,15H2,1H3,(H,16,17). The predicted molar refractivity (Wildman–Crippen MR) is 70.3 cm³/mol. The molecule has 0 aliphatic heterocycles. The summed E-state index contributed by atoms with van der Waals surface area (Å²) in [5, 5.41) is 2.82. The van der Waals surface area contributed by atoms with Crippen LogP contribution in [-0.4, -0.2) is 12.5 Å². The molecule has 0 unspecified atom stereocenters. The van der Waals surface area contributed by atoms with Gasteiger partial charge in [0.2, 0.25) is 0 Å². The Kier molecular flexibility index (Phi) is 3.67. The van der Waals surface area contributed by atoms with Crippen molar-refractivity contribution >= 4 is 11.6 Å². The van der Waals surface area contributed by atoms with Crippen molar-refractivity contribution in [2.45, 2.75) is 13.3 Å². The number of nitrogens with two attached hydrogens (primary N) is 1. The molecule has 2 aromatic rings. The molecule has 1 heterocycles. The van der Waals surface area contributed by atoms with E-state index >= 15 is 0 Å². The first-order valence-corrected chi connectivity index (χ1v) is 5.83. The molecule has 18 heavy (non-hydrogen) atoms. The van der Waals surface area contributed by atoms with E-state index < -0.39 is 0 Å². The van der Waals surface area contributed by atoms with Crippen LogP contribution in [0.25, 0.3) is 0 Å². The molecule has 4 heteroatoms. The predicted octanol–water partition coefficient (Wildman–Crippen LogP) is 2.14. The molecule has 2 rings (SSSR count). The number of hydrogen-bond acceptors (Lipinski definition) is 3. The largest absolute Gasteiger partial charge is 0.469 e. The molecule has 4 nitrogen and oxygen atoms in total. The molecule has 1 aromatic heterocycles. The summed E-state index contributed by atoms with van der Waals surface area (Å²) in [6.07, 6.45) is 2.29. The topological polar surface area (TPSA) is 68.3 Å². The van der Waals surface area contributed by atoms with Gasteiger partial charge in [-0.3, -0.25) is 4.79 Å². The maximum absolute atomic E-state index is 11.9. The van der Waals surface area contributed by atoms with Crippen LogP contribution in [0.4, 0.5) is 5.69 Å². The van der Waals surface area contributed by atoms with Gasteiger partial charge in [-0.15, -0.1) is 0 Å². The maximum Gasteiger partial charge on any atom is 0.253 e. The summed E-state index contributed by atoms with van der Waals surface area (Å²) in [5.41, 5.74) is 7.87. The summed E-state index contributed by atoms with van der Waals surface area (Å²) in [6.45, 7) is 2.47. The molecule has 94 valence electrons. The second-order valence-corrected chi connectivity index (χ2v) is 4.18. The van der Waals surface area contributed by atoms with Crippen LogP contribution < -0.4 is 11.1 Å². The molecule has 0 saturated carbocycles. The number of anilines is 1. The van der Waals surface area contributed by atoms with E-state index in [1.807, 2.05) is 25.1 Å². The third-order valence-corrected chi connectivity index (χ3v) is 2.69. The van der Waals surface area contributed by atoms with Gasteiger partial charge in [0.25, 0.3) is 5.91 Å². The fourth-order valence-corrected chi connectivity index (χ4v) is 1.74. The third-order valence-electron chi connectivity index (χ3n) is 2.69. The van der Waals surface area contributed by atoms with Crippen LogP contribution >= 0.6 is 0 Å². The summed E-state index contributed by atoms with van der Waals surface area (Å²) in [6, 6.07) is 9.12. The molecule has 0 bridgehead atoms. The number of carbonyl (C=O) groups is 1. The first kappa shape index (κ1) is 12.2. The number of aryl methyl sites for hydroxylation is 1. The highest BCUT2D eigenvalue weighted by Crippen LogP contribution is 2.13. The summed E-state index contributed by atoms with van der Waals surface area (Å²) < 4.78 is 5.18. The number of nitrogens with one attached hydrogen (secondary N) is 1. The van der Waals surface area contributed by atoms with Gasteiger partial charge in [-0.05, 0) is 36.8 Å². The van der Waals surface area contributed by atoms with Crippen LogP contribution in [-0.2, 0) is 6.42 Å². The Morgan fingerprint density at radius 1 is 1.39 bits per heavy atom. The molecule has 0 radical (unpaired) electrons. The molecule has 0 spiro atoms. The Labute approximate surface area is 106 Å². The number of nitrogen functional groups attached to an aromatic ring is 1. The summed E-state index contributed by atoms with van der Waals surface area (Å²) in [4.78, 5) is 11.9. The van der Waals surface area contributed by atoms with Gasteiger partial charge in [-0.25, -0.2) is 0 Å². The zero-order chi connectivity index (χ0) is 13.0. The average Bonchev–Trinajstić information content (AvgIpc) is 2.81. The van der Waals surface area contributed by atoms with Crippen LogP contribution in [0.1, 0.15) is 21.7 Å². The van der Waals surface area contributed by atoms with Crippen LogP contribution in [0, 0.1) is 6.92 Å². The number of amides is 1. The zero-order valence-corrected chi connectivity index (χ0v) is 10.3. The molecule has 0 atom stereocenters. The maximum atomic E-state index is 11.9. The van der Waals surface area contributed by atoms with Gasteiger partial charge in [0, 0.05) is 18.7 Å². The number of hydrogen-bond donors (Lipinski definition) is 2. The van der Waals surface area contributed by atoms with E-state index in [4.69, 9.17) is 10.2 Å². The van der Waals surface area contributed by atoms with Crippen molar-refractivity contribution in [2.24, 2.45) is 0 Å². The van der Waals surface area contributed by atoms with E-state index in [0.717, 1.165) is 11.3 Å². The lowest BCUT2D eigenvalue weighted by Gasteiger charge is -2.07. The van der Waals surface area contributed by atoms with E-state index in [9.17, 15) is 4.79 Å². The molecule has 0 aliphatic rings. The summed E-state index contributed by atoms with van der Waals surface area (Å²) in [7, 11) is 0. The molecule has 3 N–H and O–H groups in total. The monoisotopic (exact) mass is 244 g/mol. The lowest BCUT2D eigenvalue weighted by molar-refractivity contribution is 0.0954. The molecular formula is C14H16N2O2. The first-order chi connectivity index (χ1) is 8.66. The minimum absolute atomic E-state index is 0.154. The summed E-state index contributed by atoms with van der Waals surface area (Å²) in [5.74, 6) is 0.700. The molecule has 0 saturated heterocycles. The van der Waals surface area contributed by atoms with Gasteiger partial charge < -0.3 is 15.5 Å². The second kappa shape index (κ2) is 5.40. The average molecular weight is 244 g/mol. The minimum atomic E-state index is -0.154. The van der Waals surface area contributed by atoms with Crippen molar-refractivity contribution in [3.05, 3.63) is 53.5 Å². The lowest BCUT2D eigenvalue weighted by Crippen LogP contribution is -2.26. The van der Waals surface area contributed by atoms with E-state index in [-0.39, 0.29) is 5.91 Å². The van der Waals surface area contributed by atoms with E-state index in [0.29, 0.717) is 24.2 Å². The molecule has 0 fully saturated rings. The van der Waals surface area contributed by atoms with Crippen molar-refractivity contribution in [2.75, 3.05) is 12.3 Å². The number of carbonyl (C=O) groups excluding carboxylic acids is 1. The molecular weight excluding hydrogens is 228 g/mol. The Balaban J connectivity index is 1.91. The molecule has 1 aromatic carbocycles. The van der Waals surface area contributed by atoms with Crippen LogP contribution in [0.15, 0.2) is 41.0 Å². The van der Waals surface area contributed by atoms with Crippen molar-refractivity contribution in [3.8, 4) is 0 Å². The van der Waals surface area contributed by atoms with Gasteiger partial charge in [0.1, 0.15) is 5.76 Å². The van der Waals surface area contributed by atoms with Crippen molar-refractivity contribution < 1.29 is 9.21 Å². The number of furan rings is 1. The zero-order valence-electron chi connectivity index (χ0n) is 10.3. The first-order valence-electron chi connectivity index (χ1n) is 5.83. The van der Waals surface area contributed by atoms with Gasteiger partial charge >= 0.3 is 0 Å². The fraction of sp³-hybridized carbons (Fsp3) is 0.214. The van der Waals surface area contributed by atoms with Crippen molar-refractivity contribution in [1.29, 1.82) is 0 Å². The Hall–Kier alpha value is -2.23. The highest BCUT2D eigenvalue weighted by Gasteiger charge is 2.09. The van der Waals surface area contributed by atoms with E-state index in [1.54, 1.807) is 18.4 Å². The third kappa shape index (κ3) is 2.91. The fourth-order valence-electron chi connectivity index (χ4n) is 1.74. The highest BCUT2D eigenvalue weighted by molar-refractivity contribution is 5.99. The van der Waals surface area contributed by atoms with Gasteiger partial charge in [0.15, 0.2) is 0 Å². The Bertz CT molecular complexity index is 533. The van der Waals surface area contributed by atoms with Gasteiger partial charge in [0.05, 0.1) is 11.8 Å². The SMILES string of the molecule is Cc1ccc(C(=O)NCCc2ccco2)c(N)c1.